The summed E-state index contributed by atoms with van der Waals surface area (Å²) < 4.78 is 28.0. The van der Waals surface area contributed by atoms with E-state index in [0.29, 0.717) is 25.2 Å². The number of sulfonamides is 1. The summed E-state index contributed by atoms with van der Waals surface area (Å²) in [5.41, 5.74) is 5.65. The van der Waals surface area contributed by atoms with Crippen LogP contribution in [0, 0.1) is 20.8 Å². The highest BCUT2D eigenvalue weighted by Crippen LogP contribution is 2.26. The number of hydrogen-bond acceptors (Lipinski definition) is 4. The normalized spacial score (nSPS) is 14.2. The molecule has 1 amide bonds. The highest BCUT2D eigenvalue weighted by molar-refractivity contribution is 7.89. The van der Waals surface area contributed by atoms with Gasteiger partial charge < -0.3 is 5.32 Å². The predicted molar refractivity (Wildman–Crippen MR) is 121 cm³/mol. The van der Waals surface area contributed by atoms with Gasteiger partial charge in [-0.15, -0.1) is 0 Å². The molecule has 0 atom stereocenters. The van der Waals surface area contributed by atoms with Crippen LogP contribution in [0.25, 0.3) is 0 Å². The van der Waals surface area contributed by atoms with Crippen LogP contribution >= 0.6 is 0 Å². The quantitative estimate of drug-likeness (QED) is 0.672. The first-order valence-electron chi connectivity index (χ1n) is 10.2. The van der Waals surface area contributed by atoms with Gasteiger partial charge in [-0.1, -0.05) is 30.3 Å². The van der Waals surface area contributed by atoms with Crippen molar-refractivity contribution >= 4 is 21.6 Å². The molecule has 160 valence electrons. The lowest BCUT2D eigenvalue weighted by Gasteiger charge is -2.28. The predicted octanol–water partition coefficient (Wildman–Crippen LogP) is 4.01. The van der Waals surface area contributed by atoms with Crippen LogP contribution in [0.1, 0.15) is 38.4 Å². The monoisotopic (exact) mass is 435 g/mol. The van der Waals surface area contributed by atoms with Crippen LogP contribution in [0.5, 0.6) is 0 Å². The molecule has 31 heavy (non-hydrogen) atoms. The zero-order valence-corrected chi connectivity index (χ0v) is 18.7. The number of pyridine rings is 1. The molecule has 7 heteroatoms. The molecule has 2 heterocycles. The molecule has 0 fully saturated rings. The van der Waals surface area contributed by atoms with E-state index in [1.54, 1.807) is 12.1 Å². The van der Waals surface area contributed by atoms with Gasteiger partial charge >= 0.3 is 0 Å². The van der Waals surface area contributed by atoms with Gasteiger partial charge in [0.15, 0.2) is 0 Å². The van der Waals surface area contributed by atoms with Crippen LogP contribution in [0.3, 0.4) is 0 Å². The van der Waals surface area contributed by atoms with Gasteiger partial charge in [-0.25, -0.2) is 8.42 Å². The summed E-state index contributed by atoms with van der Waals surface area (Å²) in [6.45, 7) is 6.40. The lowest BCUT2D eigenvalue weighted by molar-refractivity contribution is 0.102. The number of carbonyl (C=O) groups excluding carboxylic acids is 1. The fourth-order valence-electron chi connectivity index (χ4n) is 4.02. The van der Waals surface area contributed by atoms with Gasteiger partial charge in [0, 0.05) is 24.3 Å². The third-order valence-electron chi connectivity index (χ3n) is 5.59. The molecule has 3 aromatic rings. The number of aryl methyl sites for hydroxylation is 3. The molecular weight excluding hydrogens is 410 g/mol. The lowest BCUT2D eigenvalue weighted by atomic mass is 10.0. The summed E-state index contributed by atoms with van der Waals surface area (Å²) in [5, 5.41) is 2.88. The summed E-state index contributed by atoms with van der Waals surface area (Å²) in [4.78, 5) is 17.4. The second-order valence-electron chi connectivity index (χ2n) is 7.88. The van der Waals surface area contributed by atoms with E-state index in [4.69, 9.17) is 0 Å². The molecule has 4 rings (SSSR count). The molecule has 0 saturated carbocycles. The Kier molecular flexibility index (Phi) is 5.64. The number of nitrogens with zero attached hydrogens (tertiary/aromatic N) is 2. The van der Waals surface area contributed by atoms with Gasteiger partial charge in [0.25, 0.3) is 5.91 Å². The summed E-state index contributed by atoms with van der Waals surface area (Å²) in [7, 11) is -3.71. The van der Waals surface area contributed by atoms with E-state index >= 15 is 0 Å². The first-order chi connectivity index (χ1) is 14.8. The van der Waals surface area contributed by atoms with Crippen LogP contribution in [0.2, 0.25) is 0 Å². The molecule has 2 aromatic carbocycles. The van der Waals surface area contributed by atoms with Crippen molar-refractivity contribution in [1.29, 1.82) is 0 Å². The zero-order chi connectivity index (χ0) is 22.2. The van der Waals surface area contributed by atoms with Crippen LogP contribution < -0.4 is 5.32 Å². The van der Waals surface area contributed by atoms with Crippen molar-refractivity contribution in [2.75, 3.05) is 11.9 Å². The highest BCUT2D eigenvalue weighted by atomic mass is 32.2. The lowest BCUT2D eigenvalue weighted by Crippen LogP contribution is -2.36. The SMILES string of the molecule is Cc1cc(C)c(NC(=O)c2cccc(S(=O)(=O)N3CCc4ccccc4C3)c2)c(C)n1. The molecule has 0 bridgehead atoms. The first-order valence-corrected chi connectivity index (χ1v) is 11.6. The second kappa shape index (κ2) is 8.24. The maximum absolute atomic E-state index is 13.3. The van der Waals surface area contributed by atoms with Crippen molar-refractivity contribution in [3.8, 4) is 0 Å². The van der Waals surface area contributed by atoms with Gasteiger partial charge in [-0.2, -0.15) is 4.31 Å². The topological polar surface area (TPSA) is 79.4 Å². The summed E-state index contributed by atoms with van der Waals surface area (Å²) >= 11 is 0. The molecular formula is C24H25N3O3S. The number of anilines is 1. The zero-order valence-electron chi connectivity index (χ0n) is 17.8. The van der Waals surface area contributed by atoms with Crippen LogP contribution in [-0.4, -0.2) is 30.2 Å². The van der Waals surface area contributed by atoms with Gasteiger partial charge in [0.05, 0.1) is 16.3 Å². The van der Waals surface area contributed by atoms with E-state index in [1.807, 2.05) is 51.1 Å². The smallest absolute Gasteiger partial charge is 0.255 e. The third-order valence-corrected chi connectivity index (χ3v) is 7.43. The van der Waals surface area contributed by atoms with Crippen molar-refractivity contribution in [2.24, 2.45) is 0 Å². The van der Waals surface area contributed by atoms with Gasteiger partial charge in [-0.3, -0.25) is 9.78 Å². The van der Waals surface area contributed by atoms with E-state index in [-0.39, 0.29) is 16.4 Å². The number of nitrogens with one attached hydrogen (secondary N) is 1. The number of amides is 1. The third kappa shape index (κ3) is 4.24. The number of hydrogen-bond donors (Lipinski definition) is 1. The average molecular weight is 436 g/mol. The fourth-order valence-corrected chi connectivity index (χ4v) is 5.49. The molecule has 0 saturated heterocycles. The number of fused-ring (bicyclic) bond motifs is 1. The van der Waals surface area contributed by atoms with Crippen LogP contribution in [0.15, 0.2) is 59.5 Å². The van der Waals surface area contributed by atoms with Gasteiger partial charge in [-0.05, 0) is 68.1 Å². The largest absolute Gasteiger partial charge is 0.320 e. The Labute approximate surface area is 183 Å². The highest BCUT2D eigenvalue weighted by Gasteiger charge is 2.28. The van der Waals surface area contributed by atoms with E-state index in [9.17, 15) is 13.2 Å². The minimum atomic E-state index is -3.71. The van der Waals surface area contributed by atoms with Crippen LogP contribution in [0.4, 0.5) is 5.69 Å². The van der Waals surface area contributed by atoms with Crippen LogP contribution in [-0.2, 0) is 23.0 Å². The Balaban J connectivity index is 1.59. The van der Waals surface area contributed by atoms with Crippen molar-refractivity contribution < 1.29 is 13.2 Å². The van der Waals surface area contributed by atoms with Crippen molar-refractivity contribution in [1.82, 2.24) is 9.29 Å². The van der Waals surface area contributed by atoms with Gasteiger partial charge in [0.1, 0.15) is 0 Å². The minimum absolute atomic E-state index is 0.120. The number of benzene rings is 2. The molecule has 1 aliphatic rings. The Hall–Kier alpha value is -3.03. The van der Waals surface area contributed by atoms with Crippen molar-refractivity contribution in [3.63, 3.8) is 0 Å². The molecule has 0 aliphatic carbocycles. The molecule has 1 N–H and O–H groups in total. The average Bonchev–Trinajstić information content (AvgIpc) is 2.75. The molecule has 6 nitrogen and oxygen atoms in total. The van der Waals surface area contributed by atoms with Crippen molar-refractivity contribution in [3.05, 3.63) is 88.2 Å². The summed E-state index contributed by atoms with van der Waals surface area (Å²) in [5.74, 6) is -0.363. The van der Waals surface area contributed by atoms with Gasteiger partial charge in [0.2, 0.25) is 10.0 Å². The second-order valence-corrected chi connectivity index (χ2v) is 9.82. The van der Waals surface area contributed by atoms with E-state index in [1.165, 1.54) is 22.0 Å². The molecule has 1 aromatic heterocycles. The maximum atomic E-state index is 13.3. The Morgan fingerprint density at radius 3 is 2.48 bits per heavy atom. The Morgan fingerprint density at radius 2 is 1.74 bits per heavy atom. The summed E-state index contributed by atoms with van der Waals surface area (Å²) in [6, 6.07) is 16.0. The van der Waals surface area contributed by atoms with Crippen molar-refractivity contribution in [2.45, 2.75) is 38.6 Å². The fraction of sp³-hybridized carbons (Fsp3) is 0.250. The molecule has 0 radical (unpaired) electrons. The minimum Gasteiger partial charge on any atom is -0.320 e. The number of rotatable bonds is 4. The number of carbonyl (C=O) groups is 1. The van der Waals surface area contributed by atoms with E-state index in [2.05, 4.69) is 10.3 Å². The molecule has 1 aliphatic heterocycles. The Bertz CT molecular complexity index is 1250. The number of aromatic nitrogens is 1. The standard InChI is InChI=1S/C24H25N3O3S/c1-16-13-17(2)25-18(3)23(16)26-24(28)20-9-6-10-22(14-20)31(29,30)27-12-11-19-7-4-5-8-21(19)15-27/h4-10,13-14H,11-12,15H2,1-3H3,(H,26,28). The molecule has 0 unspecified atom stereocenters. The van der Waals surface area contributed by atoms with E-state index in [0.717, 1.165) is 22.5 Å². The first kappa shape index (κ1) is 21.2. The maximum Gasteiger partial charge on any atom is 0.255 e. The Morgan fingerprint density at radius 1 is 1.00 bits per heavy atom. The summed E-state index contributed by atoms with van der Waals surface area (Å²) in [6.07, 6.45) is 0.675. The molecule has 0 spiro atoms. The van der Waals surface area contributed by atoms with E-state index < -0.39 is 10.0 Å².